The fraction of sp³-hybridized carbons (Fsp3) is 0.533. The van der Waals surface area contributed by atoms with Gasteiger partial charge >= 0.3 is 6.09 Å². The van der Waals surface area contributed by atoms with Gasteiger partial charge in [0.2, 0.25) is 0 Å². The number of para-hydroxylation sites is 1. The van der Waals surface area contributed by atoms with Crippen molar-refractivity contribution in [2.45, 2.75) is 46.5 Å². The minimum absolute atomic E-state index is 0.362. The van der Waals surface area contributed by atoms with Crippen LogP contribution in [-0.4, -0.2) is 12.7 Å². The third kappa shape index (κ3) is 3.49. The molecule has 0 saturated carbocycles. The number of carbonyl (C=O) groups is 1. The van der Waals surface area contributed by atoms with Gasteiger partial charge in [0, 0.05) is 0 Å². The second kappa shape index (κ2) is 6.43. The predicted molar refractivity (Wildman–Crippen MR) is 75.3 cm³/mol. The summed E-state index contributed by atoms with van der Waals surface area (Å²) in [5.74, 6) is 0.723. The first kappa shape index (κ1) is 14.6. The Kier molecular flexibility index (Phi) is 5.20. The number of carbonyl (C=O) groups excluding carboxylic acids is 1. The first-order valence-electron chi connectivity index (χ1n) is 6.53. The van der Waals surface area contributed by atoms with Crippen molar-refractivity contribution >= 4 is 11.8 Å². The van der Waals surface area contributed by atoms with E-state index in [1.807, 2.05) is 6.07 Å². The molecule has 0 heterocycles. The van der Waals surface area contributed by atoms with Gasteiger partial charge in [0.15, 0.2) is 0 Å². The molecule has 0 atom stereocenters. The molecule has 3 heteroatoms. The predicted octanol–water partition coefficient (Wildman–Crippen LogP) is 4.50. The highest BCUT2D eigenvalue weighted by Gasteiger charge is 2.15. The van der Waals surface area contributed by atoms with Gasteiger partial charge in [0.05, 0.1) is 12.3 Å². The summed E-state index contributed by atoms with van der Waals surface area (Å²) in [4.78, 5) is 11.6. The average molecular weight is 249 g/mol. The van der Waals surface area contributed by atoms with Crippen molar-refractivity contribution in [2.75, 3.05) is 11.9 Å². The standard InChI is InChI=1S/C15H23NO2/c1-6-18-15(17)16-14-12(10(2)3)8-7-9-13(14)11(4)5/h7-11H,6H2,1-5H3,(H,16,17). The molecule has 1 N–H and O–H groups in total. The number of benzene rings is 1. The Bertz CT molecular complexity index is 385. The van der Waals surface area contributed by atoms with E-state index in [1.54, 1.807) is 6.92 Å². The molecule has 3 nitrogen and oxygen atoms in total. The van der Waals surface area contributed by atoms with E-state index < -0.39 is 0 Å². The highest BCUT2D eigenvalue weighted by atomic mass is 16.5. The summed E-state index contributed by atoms with van der Waals surface area (Å²) >= 11 is 0. The van der Waals surface area contributed by atoms with Crippen molar-refractivity contribution in [3.8, 4) is 0 Å². The molecule has 1 aromatic carbocycles. The van der Waals surface area contributed by atoms with Crippen LogP contribution >= 0.6 is 0 Å². The second-order valence-electron chi connectivity index (χ2n) is 4.97. The van der Waals surface area contributed by atoms with Gasteiger partial charge in [-0.2, -0.15) is 0 Å². The molecule has 0 radical (unpaired) electrons. The van der Waals surface area contributed by atoms with Crippen molar-refractivity contribution in [3.05, 3.63) is 29.3 Å². The lowest BCUT2D eigenvalue weighted by Crippen LogP contribution is -2.16. The summed E-state index contributed by atoms with van der Waals surface area (Å²) in [6.45, 7) is 10.7. The fourth-order valence-corrected chi connectivity index (χ4v) is 1.96. The van der Waals surface area contributed by atoms with E-state index in [1.165, 1.54) is 0 Å². The number of hydrogen-bond acceptors (Lipinski definition) is 2. The maximum absolute atomic E-state index is 11.6. The average Bonchev–Trinajstić information content (AvgIpc) is 2.28. The van der Waals surface area contributed by atoms with Crippen LogP contribution in [0.2, 0.25) is 0 Å². The Morgan fingerprint density at radius 2 is 1.67 bits per heavy atom. The maximum atomic E-state index is 11.6. The van der Waals surface area contributed by atoms with E-state index in [9.17, 15) is 4.79 Å². The van der Waals surface area contributed by atoms with E-state index >= 15 is 0 Å². The zero-order valence-corrected chi connectivity index (χ0v) is 11.9. The summed E-state index contributed by atoms with van der Waals surface area (Å²) in [5, 5.41) is 2.88. The number of amides is 1. The van der Waals surface area contributed by atoms with Gasteiger partial charge in [-0.05, 0) is 29.9 Å². The summed E-state index contributed by atoms with van der Waals surface area (Å²) in [6, 6.07) is 6.15. The SMILES string of the molecule is CCOC(=O)Nc1c(C(C)C)cccc1C(C)C. The van der Waals surface area contributed by atoms with Crippen LogP contribution in [0, 0.1) is 0 Å². The summed E-state index contributed by atoms with van der Waals surface area (Å²) in [6.07, 6.45) is -0.382. The Balaban J connectivity index is 3.14. The Labute approximate surface area is 110 Å². The van der Waals surface area contributed by atoms with Gasteiger partial charge in [0.1, 0.15) is 0 Å². The molecular formula is C15H23NO2. The van der Waals surface area contributed by atoms with Crippen molar-refractivity contribution in [1.82, 2.24) is 0 Å². The molecule has 100 valence electrons. The molecule has 0 saturated heterocycles. The largest absolute Gasteiger partial charge is 0.450 e. The number of anilines is 1. The first-order chi connectivity index (χ1) is 8.47. The lowest BCUT2D eigenvalue weighted by molar-refractivity contribution is 0.168. The smallest absolute Gasteiger partial charge is 0.411 e. The van der Waals surface area contributed by atoms with Crippen molar-refractivity contribution in [3.63, 3.8) is 0 Å². The van der Waals surface area contributed by atoms with E-state index in [0.717, 1.165) is 16.8 Å². The van der Waals surface area contributed by atoms with Crippen LogP contribution in [0.25, 0.3) is 0 Å². The third-order valence-corrected chi connectivity index (χ3v) is 2.88. The Morgan fingerprint density at radius 1 is 1.17 bits per heavy atom. The van der Waals surface area contributed by atoms with Crippen LogP contribution in [0.1, 0.15) is 57.6 Å². The highest BCUT2D eigenvalue weighted by molar-refractivity contribution is 5.87. The molecular weight excluding hydrogens is 226 g/mol. The Morgan fingerprint density at radius 3 is 2.06 bits per heavy atom. The van der Waals surface area contributed by atoms with E-state index in [2.05, 4.69) is 45.1 Å². The molecule has 0 aliphatic carbocycles. The molecule has 0 unspecified atom stereocenters. The van der Waals surface area contributed by atoms with Crippen LogP contribution in [0.5, 0.6) is 0 Å². The Hall–Kier alpha value is -1.51. The molecule has 0 fully saturated rings. The molecule has 0 aliphatic heterocycles. The topological polar surface area (TPSA) is 38.3 Å². The quantitative estimate of drug-likeness (QED) is 0.853. The minimum atomic E-state index is -0.382. The molecule has 0 aromatic heterocycles. The summed E-state index contributed by atoms with van der Waals surface area (Å²) in [5.41, 5.74) is 3.20. The van der Waals surface area contributed by atoms with Crippen molar-refractivity contribution in [1.29, 1.82) is 0 Å². The number of hydrogen-bond donors (Lipinski definition) is 1. The molecule has 1 rings (SSSR count). The van der Waals surface area contributed by atoms with Crippen molar-refractivity contribution < 1.29 is 9.53 Å². The molecule has 1 amide bonds. The highest BCUT2D eigenvalue weighted by Crippen LogP contribution is 2.32. The van der Waals surface area contributed by atoms with Gasteiger partial charge in [0.25, 0.3) is 0 Å². The van der Waals surface area contributed by atoms with Crippen LogP contribution in [0.15, 0.2) is 18.2 Å². The normalized spacial score (nSPS) is 10.8. The fourth-order valence-electron chi connectivity index (χ4n) is 1.96. The summed E-state index contributed by atoms with van der Waals surface area (Å²) in [7, 11) is 0. The van der Waals surface area contributed by atoms with Gasteiger partial charge in [-0.25, -0.2) is 4.79 Å². The van der Waals surface area contributed by atoms with E-state index in [4.69, 9.17) is 4.74 Å². The van der Waals surface area contributed by atoms with Gasteiger partial charge in [-0.15, -0.1) is 0 Å². The van der Waals surface area contributed by atoms with Gasteiger partial charge in [-0.3, -0.25) is 5.32 Å². The molecule has 0 bridgehead atoms. The first-order valence-corrected chi connectivity index (χ1v) is 6.53. The van der Waals surface area contributed by atoms with E-state index in [-0.39, 0.29) is 6.09 Å². The van der Waals surface area contributed by atoms with Crippen LogP contribution in [0.3, 0.4) is 0 Å². The van der Waals surface area contributed by atoms with Gasteiger partial charge < -0.3 is 4.74 Å². The van der Waals surface area contributed by atoms with Crippen LogP contribution in [0.4, 0.5) is 10.5 Å². The maximum Gasteiger partial charge on any atom is 0.411 e. The van der Waals surface area contributed by atoms with Crippen molar-refractivity contribution in [2.24, 2.45) is 0 Å². The van der Waals surface area contributed by atoms with Gasteiger partial charge in [-0.1, -0.05) is 45.9 Å². The zero-order chi connectivity index (χ0) is 13.7. The monoisotopic (exact) mass is 249 g/mol. The lowest BCUT2D eigenvalue weighted by atomic mass is 9.93. The number of ether oxygens (including phenoxy) is 1. The molecule has 0 spiro atoms. The van der Waals surface area contributed by atoms with Crippen LogP contribution in [-0.2, 0) is 4.74 Å². The molecule has 1 aromatic rings. The summed E-state index contributed by atoms with van der Waals surface area (Å²) < 4.78 is 4.97. The molecule has 0 aliphatic rings. The minimum Gasteiger partial charge on any atom is -0.450 e. The second-order valence-corrected chi connectivity index (χ2v) is 4.97. The third-order valence-electron chi connectivity index (χ3n) is 2.88. The number of rotatable bonds is 4. The van der Waals surface area contributed by atoms with E-state index in [0.29, 0.717) is 18.4 Å². The zero-order valence-electron chi connectivity index (χ0n) is 11.9. The lowest BCUT2D eigenvalue weighted by Gasteiger charge is -2.19. The van der Waals surface area contributed by atoms with Crippen LogP contribution < -0.4 is 5.32 Å². The number of nitrogens with one attached hydrogen (secondary N) is 1. The molecule has 18 heavy (non-hydrogen) atoms.